The molecule has 0 aliphatic rings. The molecule has 1 aromatic carbocycles. The number of aromatic nitrogens is 1. The van der Waals surface area contributed by atoms with Crippen LogP contribution in [0.2, 0.25) is 0 Å². The zero-order chi connectivity index (χ0) is 12.8. The van der Waals surface area contributed by atoms with Crippen molar-refractivity contribution in [1.29, 1.82) is 5.26 Å². The summed E-state index contributed by atoms with van der Waals surface area (Å²) in [5.41, 5.74) is 2.54. The molecule has 2 rings (SSSR count). The Morgan fingerprint density at radius 1 is 1.28 bits per heavy atom. The van der Waals surface area contributed by atoms with Gasteiger partial charge in [-0.2, -0.15) is 5.26 Å². The highest BCUT2D eigenvalue weighted by Crippen LogP contribution is 2.20. The SMILES string of the molecule is N#Cc1ccc(Br)cc1NCCc1ccccn1. The molecule has 0 saturated carbocycles. The van der Waals surface area contributed by atoms with Gasteiger partial charge in [-0.3, -0.25) is 4.98 Å². The molecule has 0 amide bonds. The lowest BCUT2D eigenvalue weighted by Gasteiger charge is -2.08. The van der Waals surface area contributed by atoms with Crippen molar-refractivity contribution in [1.82, 2.24) is 4.98 Å². The van der Waals surface area contributed by atoms with E-state index in [1.807, 2.05) is 30.3 Å². The first-order valence-electron chi connectivity index (χ1n) is 5.63. The summed E-state index contributed by atoms with van der Waals surface area (Å²) in [4.78, 5) is 4.26. The molecule has 0 radical (unpaired) electrons. The summed E-state index contributed by atoms with van der Waals surface area (Å²) in [6.07, 6.45) is 2.62. The van der Waals surface area contributed by atoms with Gasteiger partial charge in [0, 0.05) is 29.3 Å². The predicted octanol–water partition coefficient (Wildman–Crippen LogP) is 3.37. The molecule has 0 aliphatic heterocycles. The van der Waals surface area contributed by atoms with Gasteiger partial charge in [-0.15, -0.1) is 0 Å². The van der Waals surface area contributed by atoms with Crippen molar-refractivity contribution in [3.8, 4) is 6.07 Å². The lowest BCUT2D eigenvalue weighted by atomic mass is 10.2. The molecule has 1 aromatic heterocycles. The fourth-order valence-corrected chi connectivity index (χ4v) is 1.99. The minimum absolute atomic E-state index is 0.652. The van der Waals surface area contributed by atoms with Crippen molar-refractivity contribution >= 4 is 21.6 Å². The Bertz CT molecular complexity index is 561. The monoisotopic (exact) mass is 301 g/mol. The standard InChI is InChI=1S/C14H12BrN3/c15-12-5-4-11(10-16)14(9-12)18-8-6-13-3-1-2-7-17-13/h1-5,7,9,18H,6,8H2. The number of nitrogens with one attached hydrogen (secondary N) is 1. The summed E-state index contributed by atoms with van der Waals surface area (Å²) in [6.45, 7) is 0.752. The molecule has 0 atom stereocenters. The number of benzene rings is 1. The zero-order valence-electron chi connectivity index (χ0n) is 9.73. The quantitative estimate of drug-likeness (QED) is 0.942. The van der Waals surface area contributed by atoms with Gasteiger partial charge in [-0.05, 0) is 30.3 Å². The zero-order valence-corrected chi connectivity index (χ0v) is 11.3. The summed E-state index contributed by atoms with van der Waals surface area (Å²) in [5.74, 6) is 0. The fourth-order valence-electron chi connectivity index (χ4n) is 1.63. The minimum atomic E-state index is 0.652. The Hall–Kier alpha value is -1.86. The molecule has 4 heteroatoms. The van der Waals surface area contributed by atoms with E-state index in [-0.39, 0.29) is 0 Å². The Kier molecular flexibility index (Phi) is 4.32. The molecule has 0 unspecified atom stereocenters. The van der Waals surface area contributed by atoms with Crippen LogP contribution in [0.25, 0.3) is 0 Å². The number of hydrogen-bond donors (Lipinski definition) is 1. The van der Waals surface area contributed by atoms with E-state index in [0.717, 1.165) is 28.8 Å². The number of nitrogens with zero attached hydrogens (tertiary/aromatic N) is 2. The second-order valence-electron chi connectivity index (χ2n) is 3.80. The van der Waals surface area contributed by atoms with Gasteiger partial charge in [0.25, 0.3) is 0 Å². The molecule has 3 nitrogen and oxygen atoms in total. The van der Waals surface area contributed by atoms with Crippen molar-refractivity contribution in [3.05, 3.63) is 58.3 Å². The first-order chi connectivity index (χ1) is 8.79. The van der Waals surface area contributed by atoms with Crippen molar-refractivity contribution in [2.75, 3.05) is 11.9 Å². The third-order valence-corrected chi connectivity index (χ3v) is 3.02. The van der Waals surface area contributed by atoms with E-state index in [0.29, 0.717) is 5.56 Å². The normalized spacial score (nSPS) is 9.78. The van der Waals surface area contributed by atoms with Gasteiger partial charge in [-0.25, -0.2) is 0 Å². The van der Waals surface area contributed by atoms with Crippen LogP contribution in [0.3, 0.4) is 0 Å². The third-order valence-electron chi connectivity index (χ3n) is 2.52. The highest BCUT2D eigenvalue weighted by Gasteiger charge is 2.02. The Balaban J connectivity index is 1.98. The van der Waals surface area contributed by atoms with E-state index in [4.69, 9.17) is 5.26 Å². The summed E-state index contributed by atoms with van der Waals surface area (Å²) >= 11 is 3.40. The molecule has 0 fully saturated rings. The molecule has 0 saturated heterocycles. The van der Waals surface area contributed by atoms with Crippen molar-refractivity contribution < 1.29 is 0 Å². The highest BCUT2D eigenvalue weighted by atomic mass is 79.9. The van der Waals surface area contributed by atoms with Gasteiger partial charge < -0.3 is 5.32 Å². The first-order valence-corrected chi connectivity index (χ1v) is 6.42. The lowest BCUT2D eigenvalue weighted by molar-refractivity contribution is 0.961. The Morgan fingerprint density at radius 3 is 2.89 bits per heavy atom. The van der Waals surface area contributed by atoms with Gasteiger partial charge in [-0.1, -0.05) is 22.0 Å². The number of pyridine rings is 1. The third kappa shape index (κ3) is 3.31. The van der Waals surface area contributed by atoms with Crippen LogP contribution in [-0.4, -0.2) is 11.5 Å². The minimum Gasteiger partial charge on any atom is -0.384 e. The van der Waals surface area contributed by atoms with Crippen LogP contribution < -0.4 is 5.32 Å². The van der Waals surface area contributed by atoms with Gasteiger partial charge in [0.15, 0.2) is 0 Å². The maximum absolute atomic E-state index is 9.01. The molecular formula is C14H12BrN3. The number of rotatable bonds is 4. The molecule has 18 heavy (non-hydrogen) atoms. The van der Waals surface area contributed by atoms with Crippen molar-refractivity contribution in [2.24, 2.45) is 0 Å². The first kappa shape index (κ1) is 12.6. The Labute approximate surface area is 115 Å². The van der Waals surface area contributed by atoms with Crippen LogP contribution in [-0.2, 0) is 6.42 Å². The van der Waals surface area contributed by atoms with Crippen LogP contribution in [0, 0.1) is 11.3 Å². The second kappa shape index (κ2) is 6.18. The van der Waals surface area contributed by atoms with Crippen LogP contribution in [0.1, 0.15) is 11.3 Å². The Morgan fingerprint density at radius 2 is 2.17 bits per heavy atom. The molecule has 1 heterocycles. The summed E-state index contributed by atoms with van der Waals surface area (Å²) in [5, 5.41) is 12.3. The van der Waals surface area contributed by atoms with E-state index in [2.05, 4.69) is 32.3 Å². The number of halogens is 1. The summed E-state index contributed by atoms with van der Waals surface area (Å²) in [7, 11) is 0. The molecule has 0 bridgehead atoms. The topological polar surface area (TPSA) is 48.7 Å². The maximum Gasteiger partial charge on any atom is 0.101 e. The molecular weight excluding hydrogens is 290 g/mol. The van der Waals surface area contributed by atoms with Gasteiger partial charge in [0.05, 0.1) is 11.3 Å². The fraction of sp³-hybridized carbons (Fsp3) is 0.143. The smallest absolute Gasteiger partial charge is 0.101 e. The van der Waals surface area contributed by atoms with Crippen molar-refractivity contribution in [3.63, 3.8) is 0 Å². The largest absolute Gasteiger partial charge is 0.384 e. The van der Waals surface area contributed by atoms with E-state index >= 15 is 0 Å². The van der Waals surface area contributed by atoms with E-state index in [1.165, 1.54) is 0 Å². The average Bonchev–Trinajstić information content (AvgIpc) is 2.40. The molecule has 2 aromatic rings. The number of hydrogen-bond acceptors (Lipinski definition) is 3. The van der Waals surface area contributed by atoms with Gasteiger partial charge >= 0.3 is 0 Å². The van der Waals surface area contributed by atoms with Gasteiger partial charge in [0.1, 0.15) is 6.07 Å². The van der Waals surface area contributed by atoms with E-state index in [9.17, 15) is 0 Å². The number of anilines is 1. The van der Waals surface area contributed by atoms with Crippen LogP contribution in [0.15, 0.2) is 47.1 Å². The van der Waals surface area contributed by atoms with E-state index in [1.54, 1.807) is 12.3 Å². The molecule has 0 aliphatic carbocycles. The van der Waals surface area contributed by atoms with Crippen molar-refractivity contribution in [2.45, 2.75) is 6.42 Å². The summed E-state index contributed by atoms with van der Waals surface area (Å²) in [6, 6.07) is 13.6. The average molecular weight is 302 g/mol. The van der Waals surface area contributed by atoms with Crippen LogP contribution >= 0.6 is 15.9 Å². The summed E-state index contributed by atoms with van der Waals surface area (Å²) < 4.78 is 0.960. The van der Waals surface area contributed by atoms with Gasteiger partial charge in [0.2, 0.25) is 0 Å². The van der Waals surface area contributed by atoms with Crippen LogP contribution in [0.5, 0.6) is 0 Å². The molecule has 0 spiro atoms. The second-order valence-corrected chi connectivity index (χ2v) is 4.72. The van der Waals surface area contributed by atoms with E-state index < -0.39 is 0 Å². The highest BCUT2D eigenvalue weighted by molar-refractivity contribution is 9.10. The molecule has 1 N–H and O–H groups in total. The van der Waals surface area contributed by atoms with Crippen LogP contribution in [0.4, 0.5) is 5.69 Å². The lowest BCUT2D eigenvalue weighted by Crippen LogP contribution is -2.07. The maximum atomic E-state index is 9.01. The number of nitriles is 1. The molecule has 90 valence electrons. The predicted molar refractivity (Wildman–Crippen MR) is 75.3 cm³/mol.